The minimum Gasteiger partial charge on any atom is -0.477 e. The number of aromatic carboxylic acids is 1. The van der Waals surface area contributed by atoms with Crippen molar-refractivity contribution in [2.75, 3.05) is 38.2 Å². The fraction of sp³-hybridized carbons (Fsp3) is 0.261. The second kappa shape index (κ2) is 7.87. The number of hydrogen-bond donors (Lipinski definition) is 2. The van der Waals surface area contributed by atoms with Crippen molar-refractivity contribution < 1.29 is 27.9 Å². The molecule has 2 N–H and O–H groups in total. The van der Waals surface area contributed by atoms with Gasteiger partial charge < -0.3 is 24.7 Å². The predicted octanol–water partition coefficient (Wildman–Crippen LogP) is 2.52. The van der Waals surface area contributed by atoms with Crippen LogP contribution in [0.1, 0.15) is 10.4 Å². The normalized spacial score (nSPS) is 18.0. The highest BCUT2D eigenvalue weighted by Gasteiger charge is 2.49. The highest BCUT2D eigenvalue weighted by molar-refractivity contribution is 5.99. The molecule has 3 aromatic rings. The van der Waals surface area contributed by atoms with Crippen molar-refractivity contribution in [2.45, 2.75) is 0 Å². The van der Waals surface area contributed by atoms with Crippen LogP contribution in [0.4, 0.5) is 18.9 Å². The Kier molecular flexibility index (Phi) is 5.08. The Bertz CT molecular complexity index is 1430. The molecule has 2 aromatic carbocycles. The number of halogens is 3. The Balaban J connectivity index is 1.73. The third-order valence-corrected chi connectivity index (χ3v) is 6.39. The van der Waals surface area contributed by atoms with E-state index in [0.29, 0.717) is 25.7 Å². The standard InChI is InChI=1S/C23H19F3N4O4/c1-34-28-20-8-29(11-23(20)9-27-10-23)19-6-18-13(5-16(19)26)21(31)14(22(32)33)7-30(18)17-3-2-12(24)4-15(17)25/h2-7,27H,8-11H2,1H3,(H,32,33)/b28-20+. The number of nitrogens with one attached hydrogen (secondary N) is 1. The van der Waals surface area contributed by atoms with Crippen molar-refractivity contribution in [3.8, 4) is 5.69 Å². The van der Waals surface area contributed by atoms with E-state index in [2.05, 4.69) is 10.5 Å². The summed E-state index contributed by atoms with van der Waals surface area (Å²) in [7, 11) is 1.43. The Morgan fingerprint density at radius 3 is 2.50 bits per heavy atom. The van der Waals surface area contributed by atoms with Gasteiger partial charge in [-0.25, -0.2) is 18.0 Å². The van der Waals surface area contributed by atoms with Crippen LogP contribution in [0.2, 0.25) is 0 Å². The molecular formula is C23H19F3N4O4. The maximum atomic E-state index is 15.3. The maximum absolute atomic E-state index is 15.3. The van der Waals surface area contributed by atoms with Crippen molar-refractivity contribution >= 4 is 28.3 Å². The molecule has 2 aliphatic rings. The quantitative estimate of drug-likeness (QED) is 0.567. The number of fused-ring (bicyclic) bond motifs is 1. The van der Waals surface area contributed by atoms with Crippen LogP contribution >= 0.6 is 0 Å². The zero-order chi connectivity index (χ0) is 24.2. The number of carboxylic acids is 1. The van der Waals surface area contributed by atoms with Crippen molar-refractivity contribution in [1.82, 2.24) is 9.88 Å². The molecule has 1 spiro atoms. The van der Waals surface area contributed by atoms with Crippen LogP contribution in [0.3, 0.4) is 0 Å². The number of hydrogen-bond acceptors (Lipinski definition) is 6. The molecule has 8 nitrogen and oxygen atoms in total. The van der Waals surface area contributed by atoms with Crippen LogP contribution in [-0.4, -0.2) is 54.6 Å². The first-order valence-electron chi connectivity index (χ1n) is 10.4. The van der Waals surface area contributed by atoms with Gasteiger partial charge in [-0.2, -0.15) is 0 Å². The molecule has 0 bridgehead atoms. The maximum Gasteiger partial charge on any atom is 0.341 e. The van der Waals surface area contributed by atoms with E-state index >= 15 is 4.39 Å². The lowest BCUT2D eigenvalue weighted by Crippen LogP contribution is -2.58. The summed E-state index contributed by atoms with van der Waals surface area (Å²) in [6, 6.07) is 5.10. The van der Waals surface area contributed by atoms with E-state index in [1.54, 1.807) is 4.90 Å². The highest BCUT2D eigenvalue weighted by atomic mass is 19.1. The summed E-state index contributed by atoms with van der Waals surface area (Å²) in [6.07, 6.45) is 0.962. The molecule has 3 heterocycles. The summed E-state index contributed by atoms with van der Waals surface area (Å²) in [6.45, 7) is 2.01. The van der Waals surface area contributed by atoms with Gasteiger partial charge in [0.1, 0.15) is 30.1 Å². The van der Waals surface area contributed by atoms with Crippen molar-refractivity contribution in [3.63, 3.8) is 0 Å². The molecule has 0 unspecified atom stereocenters. The lowest BCUT2D eigenvalue weighted by molar-refractivity contribution is 0.0695. The molecule has 0 radical (unpaired) electrons. The Hall–Kier alpha value is -3.86. The summed E-state index contributed by atoms with van der Waals surface area (Å²) in [5.74, 6) is -4.08. The molecule has 1 aromatic heterocycles. The SMILES string of the molecule is CO/N=C1\CN(c2cc3c(cc2F)c(=O)c(C(=O)O)cn3-c2ccc(F)cc2F)CC12CNC2. The molecule has 5 rings (SSSR count). The first kappa shape index (κ1) is 22.0. The summed E-state index contributed by atoms with van der Waals surface area (Å²) >= 11 is 0. The summed E-state index contributed by atoms with van der Waals surface area (Å²) in [4.78, 5) is 31.2. The number of benzene rings is 2. The van der Waals surface area contributed by atoms with Crippen LogP contribution in [0, 0.1) is 22.9 Å². The minimum atomic E-state index is -1.55. The third kappa shape index (κ3) is 3.31. The van der Waals surface area contributed by atoms with Gasteiger partial charge in [0.2, 0.25) is 5.43 Å². The summed E-state index contributed by atoms with van der Waals surface area (Å²) < 4.78 is 44.6. The van der Waals surface area contributed by atoms with E-state index in [1.807, 2.05) is 0 Å². The molecule has 34 heavy (non-hydrogen) atoms. The number of aromatic nitrogens is 1. The van der Waals surface area contributed by atoms with Gasteiger partial charge in [0.15, 0.2) is 0 Å². The van der Waals surface area contributed by atoms with Crippen molar-refractivity contribution in [2.24, 2.45) is 10.6 Å². The lowest BCUT2D eigenvalue weighted by Gasteiger charge is -2.38. The Labute approximate surface area is 190 Å². The molecule has 0 saturated carbocycles. The van der Waals surface area contributed by atoms with E-state index in [1.165, 1.54) is 13.2 Å². The molecular weight excluding hydrogens is 453 g/mol. The Morgan fingerprint density at radius 1 is 1.15 bits per heavy atom. The number of pyridine rings is 1. The van der Waals surface area contributed by atoms with Gasteiger partial charge in [-0.1, -0.05) is 5.16 Å². The predicted molar refractivity (Wildman–Crippen MR) is 118 cm³/mol. The van der Waals surface area contributed by atoms with E-state index in [4.69, 9.17) is 4.84 Å². The van der Waals surface area contributed by atoms with Crippen LogP contribution in [-0.2, 0) is 4.84 Å². The van der Waals surface area contributed by atoms with Crippen LogP contribution < -0.4 is 15.6 Å². The molecule has 0 amide bonds. The van der Waals surface area contributed by atoms with Gasteiger partial charge in [-0.05, 0) is 24.3 Å². The molecule has 11 heteroatoms. The largest absolute Gasteiger partial charge is 0.477 e. The van der Waals surface area contributed by atoms with Gasteiger partial charge in [0, 0.05) is 37.3 Å². The minimum absolute atomic E-state index is 0.0785. The van der Waals surface area contributed by atoms with E-state index in [9.17, 15) is 23.5 Å². The monoisotopic (exact) mass is 472 g/mol. The van der Waals surface area contributed by atoms with Gasteiger partial charge in [-0.15, -0.1) is 0 Å². The number of nitrogens with zero attached hydrogens (tertiary/aromatic N) is 3. The molecule has 176 valence electrons. The van der Waals surface area contributed by atoms with Crippen molar-refractivity contribution in [1.29, 1.82) is 0 Å². The smallest absolute Gasteiger partial charge is 0.341 e. The fourth-order valence-electron chi connectivity index (χ4n) is 4.61. The lowest BCUT2D eigenvalue weighted by atomic mass is 9.79. The third-order valence-electron chi connectivity index (χ3n) is 6.39. The van der Waals surface area contributed by atoms with Gasteiger partial charge in [-0.3, -0.25) is 4.79 Å². The second-order valence-corrected chi connectivity index (χ2v) is 8.42. The highest BCUT2D eigenvalue weighted by Crippen LogP contribution is 2.37. The molecule has 0 aliphatic carbocycles. The van der Waals surface area contributed by atoms with E-state index in [0.717, 1.165) is 34.7 Å². The van der Waals surface area contributed by atoms with Crippen LogP contribution in [0.15, 0.2) is 46.5 Å². The van der Waals surface area contributed by atoms with Crippen LogP contribution in [0.25, 0.3) is 16.6 Å². The number of anilines is 1. The Morgan fingerprint density at radius 2 is 1.88 bits per heavy atom. The zero-order valence-corrected chi connectivity index (χ0v) is 17.9. The number of oxime groups is 1. The summed E-state index contributed by atoms with van der Waals surface area (Å²) in [5.41, 5.74) is -1.11. The molecule has 2 fully saturated rings. The van der Waals surface area contributed by atoms with Gasteiger partial charge in [0.05, 0.1) is 34.6 Å². The molecule has 0 atom stereocenters. The first-order valence-corrected chi connectivity index (χ1v) is 10.4. The average molecular weight is 472 g/mol. The van der Waals surface area contributed by atoms with E-state index in [-0.39, 0.29) is 34.2 Å². The average Bonchev–Trinajstić information content (AvgIpc) is 3.14. The fourth-order valence-corrected chi connectivity index (χ4v) is 4.61. The topological polar surface area (TPSA) is 96.2 Å². The summed E-state index contributed by atoms with van der Waals surface area (Å²) in [5, 5.41) is 16.5. The molecule has 2 aliphatic heterocycles. The second-order valence-electron chi connectivity index (χ2n) is 8.42. The first-order chi connectivity index (χ1) is 16.2. The number of carbonyl (C=O) groups is 1. The number of rotatable bonds is 4. The van der Waals surface area contributed by atoms with Gasteiger partial charge >= 0.3 is 5.97 Å². The van der Waals surface area contributed by atoms with E-state index < -0.39 is 34.4 Å². The van der Waals surface area contributed by atoms with Crippen molar-refractivity contribution in [3.05, 3.63) is 69.8 Å². The van der Waals surface area contributed by atoms with Crippen LogP contribution in [0.5, 0.6) is 0 Å². The number of carboxylic acid groups (broad SMARTS) is 1. The molecule has 2 saturated heterocycles. The zero-order valence-electron chi connectivity index (χ0n) is 17.9. The van der Waals surface area contributed by atoms with Gasteiger partial charge in [0.25, 0.3) is 0 Å².